The highest BCUT2D eigenvalue weighted by molar-refractivity contribution is 6.30. The standard InChI is InChI=1S/C13H16ClNO/c1-3-13(8-12(16)15-9(13)2)10-4-6-11(14)7-5-10/h4-7,9H,3,8H2,1-2H3,(H,15,16). The largest absolute Gasteiger partial charge is 0.353 e. The van der Waals surface area contributed by atoms with Crippen molar-refractivity contribution in [2.75, 3.05) is 0 Å². The summed E-state index contributed by atoms with van der Waals surface area (Å²) in [6.45, 7) is 4.20. The normalized spacial score (nSPS) is 29.2. The third-order valence-corrected chi connectivity index (χ3v) is 3.98. The Labute approximate surface area is 101 Å². The highest BCUT2D eigenvalue weighted by Crippen LogP contribution is 2.39. The van der Waals surface area contributed by atoms with Crippen LogP contribution in [0.15, 0.2) is 24.3 Å². The Morgan fingerprint density at radius 1 is 1.44 bits per heavy atom. The van der Waals surface area contributed by atoms with Gasteiger partial charge in [0.15, 0.2) is 0 Å². The molecule has 2 unspecified atom stereocenters. The van der Waals surface area contributed by atoms with Crippen molar-refractivity contribution in [2.24, 2.45) is 0 Å². The Morgan fingerprint density at radius 3 is 2.50 bits per heavy atom. The van der Waals surface area contributed by atoms with Gasteiger partial charge in [0.05, 0.1) is 0 Å². The van der Waals surface area contributed by atoms with Crippen molar-refractivity contribution in [3.05, 3.63) is 34.9 Å². The summed E-state index contributed by atoms with van der Waals surface area (Å²) in [7, 11) is 0. The SMILES string of the molecule is CCC1(c2ccc(Cl)cc2)CC(=O)NC1C. The van der Waals surface area contributed by atoms with E-state index in [0.29, 0.717) is 6.42 Å². The molecule has 0 radical (unpaired) electrons. The lowest BCUT2D eigenvalue weighted by atomic mass is 9.73. The first kappa shape index (κ1) is 11.5. The van der Waals surface area contributed by atoms with Crippen molar-refractivity contribution in [3.63, 3.8) is 0 Å². The second kappa shape index (κ2) is 4.10. The molecule has 1 N–H and O–H groups in total. The molecule has 0 aliphatic carbocycles. The van der Waals surface area contributed by atoms with E-state index in [0.717, 1.165) is 11.4 Å². The van der Waals surface area contributed by atoms with Gasteiger partial charge in [-0.25, -0.2) is 0 Å². The lowest BCUT2D eigenvalue weighted by molar-refractivity contribution is -0.119. The lowest BCUT2D eigenvalue weighted by Gasteiger charge is -2.31. The van der Waals surface area contributed by atoms with Crippen LogP contribution in [-0.2, 0) is 10.2 Å². The summed E-state index contributed by atoms with van der Waals surface area (Å²) < 4.78 is 0. The number of hydrogen-bond acceptors (Lipinski definition) is 1. The fraction of sp³-hybridized carbons (Fsp3) is 0.462. The minimum Gasteiger partial charge on any atom is -0.353 e. The number of nitrogens with one attached hydrogen (secondary N) is 1. The van der Waals surface area contributed by atoms with Gasteiger partial charge in [-0.05, 0) is 31.0 Å². The quantitative estimate of drug-likeness (QED) is 0.842. The number of benzene rings is 1. The first-order valence-electron chi connectivity index (χ1n) is 5.64. The number of amides is 1. The molecular weight excluding hydrogens is 222 g/mol. The fourth-order valence-corrected chi connectivity index (χ4v) is 2.77. The van der Waals surface area contributed by atoms with Crippen molar-refractivity contribution < 1.29 is 4.79 Å². The van der Waals surface area contributed by atoms with E-state index < -0.39 is 0 Å². The number of carbonyl (C=O) groups excluding carboxylic acids is 1. The molecule has 0 aromatic heterocycles. The van der Waals surface area contributed by atoms with Crippen LogP contribution in [0.1, 0.15) is 32.3 Å². The second-order valence-corrected chi connectivity index (χ2v) is 4.92. The predicted octanol–water partition coefficient (Wildman–Crippen LogP) is 2.90. The van der Waals surface area contributed by atoms with Crippen LogP contribution in [0, 0.1) is 0 Å². The van der Waals surface area contributed by atoms with Gasteiger partial charge in [0.1, 0.15) is 0 Å². The van der Waals surface area contributed by atoms with Gasteiger partial charge >= 0.3 is 0 Å². The summed E-state index contributed by atoms with van der Waals surface area (Å²) >= 11 is 5.89. The molecule has 1 aromatic rings. The molecule has 2 nitrogen and oxygen atoms in total. The van der Waals surface area contributed by atoms with Crippen molar-refractivity contribution in [1.82, 2.24) is 5.32 Å². The Hall–Kier alpha value is -1.02. The van der Waals surface area contributed by atoms with E-state index in [9.17, 15) is 4.79 Å². The molecule has 1 saturated heterocycles. The van der Waals surface area contributed by atoms with Crippen LogP contribution < -0.4 is 5.32 Å². The molecule has 16 heavy (non-hydrogen) atoms. The molecular formula is C13H16ClNO. The molecule has 1 heterocycles. The van der Waals surface area contributed by atoms with E-state index in [-0.39, 0.29) is 17.4 Å². The average Bonchev–Trinajstić information content (AvgIpc) is 2.55. The van der Waals surface area contributed by atoms with E-state index in [1.54, 1.807) is 0 Å². The summed E-state index contributed by atoms with van der Waals surface area (Å²) in [6.07, 6.45) is 1.53. The highest BCUT2D eigenvalue weighted by atomic mass is 35.5. The van der Waals surface area contributed by atoms with Gasteiger partial charge in [0, 0.05) is 22.9 Å². The van der Waals surface area contributed by atoms with E-state index in [1.807, 2.05) is 24.3 Å². The van der Waals surface area contributed by atoms with Gasteiger partial charge in [-0.3, -0.25) is 4.79 Å². The molecule has 1 amide bonds. The van der Waals surface area contributed by atoms with E-state index in [2.05, 4.69) is 19.2 Å². The number of carbonyl (C=O) groups is 1. The number of halogens is 1. The second-order valence-electron chi connectivity index (χ2n) is 4.48. The molecule has 0 bridgehead atoms. The molecule has 2 atom stereocenters. The van der Waals surface area contributed by atoms with Gasteiger partial charge in [-0.2, -0.15) is 0 Å². The molecule has 2 rings (SSSR count). The van der Waals surface area contributed by atoms with Crippen molar-refractivity contribution in [2.45, 2.75) is 38.1 Å². The van der Waals surface area contributed by atoms with Crippen LogP contribution in [0.3, 0.4) is 0 Å². The zero-order valence-corrected chi connectivity index (χ0v) is 10.3. The first-order valence-corrected chi connectivity index (χ1v) is 6.01. The first-order chi connectivity index (χ1) is 7.58. The molecule has 3 heteroatoms. The van der Waals surface area contributed by atoms with Crippen LogP contribution in [0.5, 0.6) is 0 Å². The Balaban J connectivity index is 2.42. The third-order valence-electron chi connectivity index (χ3n) is 3.73. The molecule has 1 aromatic carbocycles. The fourth-order valence-electron chi connectivity index (χ4n) is 2.64. The van der Waals surface area contributed by atoms with Gasteiger partial charge in [0.25, 0.3) is 0 Å². The summed E-state index contributed by atoms with van der Waals surface area (Å²) in [4.78, 5) is 11.5. The number of rotatable bonds is 2. The average molecular weight is 238 g/mol. The van der Waals surface area contributed by atoms with Crippen LogP contribution in [-0.4, -0.2) is 11.9 Å². The molecule has 1 aliphatic heterocycles. The molecule has 0 saturated carbocycles. The van der Waals surface area contributed by atoms with Crippen molar-refractivity contribution >= 4 is 17.5 Å². The Bertz CT molecular complexity index is 401. The predicted molar refractivity (Wildman–Crippen MR) is 65.6 cm³/mol. The molecule has 86 valence electrons. The smallest absolute Gasteiger partial charge is 0.221 e. The lowest BCUT2D eigenvalue weighted by Crippen LogP contribution is -2.37. The van der Waals surface area contributed by atoms with E-state index in [4.69, 9.17) is 11.6 Å². The van der Waals surface area contributed by atoms with E-state index >= 15 is 0 Å². The number of hydrogen-bond donors (Lipinski definition) is 1. The maximum Gasteiger partial charge on any atom is 0.221 e. The maximum absolute atomic E-state index is 11.5. The monoisotopic (exact) mass is 237 g/mol. The molecule has 1 fully saturated rings. The third kappa shape index (κ3) is 1.71. The summed E-state index contributed by atoms with van der Waals surface area (Å²) in [6, 6.07) is 8.03. The van der Waals surface area contributed by atoms with Crippen LogP contribution in [0.25, 0.3) is 0 Å². The van der Waals surface area contributed by atoms with Crippen LogP contribution in [0.2, 0.25) is 5.02 Å². The Morgan fingerprint density at radius 2 is 2.06 bits per heavy atom. The summed E-state index contributed by atoms with van der Waals surface area (Å²) in [5.74, 6) is 0.143. The van der Waals surface area contributed by atoms with Gasteiger partial charge in [0.2, 0.25) is 5.91 Å². The molecule has 0 spiro atoms. The highest BCUT2D eigenvalue weighted by Gasteiger charge is 2.44. The van der Waals surface area contributed by atoms with Gasteiger partial charge < -0.3 is 5.32 Å². The van der Waals surface area contributed by atoms with E-state index in [1.165, 1.54) is 5.56 Å². The topological polar surface area (TPSA) is 29.1 Å². The zero-order chi connectivity index (χ0) is 11.8. The van der Waals surface area contributed by atoms with Crippen LogP contribution in [0.4, 0.5) is 0 Å². The maximum atomic E-state index is 11.5. The molecule has 1 aliphatic rings. The minimum atomic E-state index is -0.0678. The minimum absolute atomic E-state index is 0.0678. The van der Waals surface area contributed by atoms with Gasteiger partial charge in [-0.1, -0.05) is 30.7 Å². The Kier molecular flexibility index (Phi) is 2.94. The summed E-state index contributed by atoms with van der Waals surface area (Å²) in [5, 5.41) is 3.74. The van der Waals surface area contributed by atoms with Crippen LogP contribution >= 0.6 is 11.6 Å². The summed E-state index contributed by atoms with van der Waals surface area (Å²) in [5.41, 5.74) is 1.13. The zero-order valence-electron chi connectivity index (χ0n) is 9.59. The van der Waals surface area contributed by atoms with Crippen molar-refractivity contribution in [3.8, 4) is 0 Å². The van der Waals surface area contributed by atoms with Gasteiger partial charge in [-0.15, -0.1) is 0 Å². The van der Waals surface area contributed by atoms with Crippen molar-refractivity contribution in [1.29, 1.82) is 0 Å².